The van der Waals surface area contributed by atoms with Gasteiger partial charge in [0.1, 0.15) is 10.6 Å². The van der Waals surface area contributed by atoms with E-state index in [0.29, 0.717) is 16.3 Å². The number of carbonyl (C=O) groups is 1. The van der Waals surface area contributed by atoms with Crippen LogP contribution < -0.4 is 4.74 Å². The van der Waals surface area contributed by atoms with Crippen molar-refractivity contribution < 1.29 is 14.6 Å². The topological polar surface area (TPSA) is 50.9 Å². The normalized spacial score (nSPS) is 9.95. The highest BCUT2D eigenvalue weighted by atomic mass is 32.1. The molecule has 96 valence electrons. The molecule has 1 aromatic carbocycles. The van der Waals surface area contributed by atoms with Crippen molar-refractivity contribution in [2.75, 3.05) is 7.11 Å². The Morgan fingerprint density at radius 1 is 1.42 bits per heavy atom. The number of carboxylic acid groups (broad SMARTS) is 1. The number of hydrogen-bond donors (Lipinski definition) is 1. The molecule has 0 radical (unpaired) electrons. The summed E-state index contributed by atoms with van der Waals surface area (Å²) >= 11 is 1.21. The minimum Gasteiger partial charge on any atom is -0.508 e. The van der Waals surface area contributed by atoms with Crippen molar-refractivity contribution in [1.29, 1.82) is 0 Å². The van der Waals surface area contributed by atoms with E-state index in [2.05, 4.69) is 4.85 Å². The Bertz CT molecular complexity index is 682. The van der Waals surface area contributed by atoms with Crippen LogP contribution in [0.2, 0.25) is 0 Å². The predicted molar refractivity (Wildman–Crippen MR) is 74.3 cm³/mol. The summed E-state index contributed by atoms with van der Waals surface area (Å²) < 4.78 is 5.09. The fraction of sp³-hybridized carbons (Fsp3) is 0.143. The highest BCUT2D eigenvalue weighted by molar-refractivity contribution is 7.17. The number of hydrogen-bond acceptors (Lipinski definition) is 3. The maximum atomic E-state index is 11.0. The van der Waals surface area contributed by atoms with Crippen LogP contribution in [0.3, 0.4) is 0 Å². The SMILES string of the molecule is [C-]#[N+]c1cc(-c2cc(C)c(C(=O)O)s2)ccc1OC. The van der Waals surface area contributed by atoms with Crippen LogP contribution in [0, 0.1) is 13.5 Å². The molecular weight excluding hydrogens is 262 g/mol. The third-order valence-corrected chi connectivity index (χ3v) is 3.97. The molecule has 0 saturated heterocycles. The third-order valence-electron chi connectivity index (χ3n) is 2.70. The molecule has 0 aliphatic heterocycles. The van der Waals surface area contributed by atoms with Gasteiger partial charge in [-0.15, -0.1) is 11.3 Å². The molecule has 0 aliphatic rings. The zero-order valence-corrected chi connectivity index (χ0v) is 11.2. The summed E-state index contributed by atoms with van der Waals surface area (Å²) in [7, 11) is 1.52. The van der Waals surface area contributed by atoms with Crippen LogP contribution in [0.5, 0.6) is 5.75 Å². The second kappa shape index (κ2) is 5.12. The second-order valence-corrected chi connectivity index (χ2v) is 4.98. The van der Waals surface area contributed by atoms with Crippen LogP contribution in [0.15, 0.2) is 24.3 Å². The zero-order chi connectivity index (χ0) is 14.0. The van der Waals surface area contributed by atoms with Gasteiger partial charge in [-0.2, -0.15) is 0 Å². The zero-order valence-electron chi connectivity index (χ0n) is 10.4. The quantitative estimate of drug-likeness (QED) is 0.860. The molecule has 0 unspecified atom stereocenters. The van der Waals surface area contributed by atoms with Crippen molar-refractivity contribution in [3.05, 3.63) is 46.1 Å². The maximum absolute atomic E-state index is 11.0. The average Bonchev–Trinajstić information content (AvgIpc) is 2.80. The van der Waals surface area contributed by atoms with Crippen molar-refractivity contribution in [3.63, 3.8) is 0 Å². The maximum Gasteiger partial charge on any atom is 0.346 e. The van der Waals surface area contributed by atoms with Gasteiger partial charge < -0.3 is 9.84 Å². The fourth-order valence-electron chi connectivity index (χ4n) is 1.77. The Hall–Kier alpha value is -2.32. The Labute approximate surface area is 114 Å². The largest absolute Gasteiger partial charge is 0.508 e. The minimum absolute atomic E-state index is 0.329. The molecule has 2 rings (SSSR count). The molecule has 5 heteroatoms. The molecule has 1 heterocycles. The summed E-state index contributed by atoms with van der Waals surface area (Å²) in [6.07, 6.45) is 0. The van der Waals surface area contributed by atoms with E-state index < -0.39 is 5.97 Å². The first-order chi connectivity index (χ1) is 9.06. The van der Waals surface area contributed by atoms with Crippen LogP contribution in [0.1, 0.15) is 15.2 Å². The molecule has 19 heavy (non-hydrogen) atoms. The minimum atomic E-state index is -0.923. The number of thiophene rings is 1. The molecule has 4 nitrogen and oxygen atoms in total. The Kier molecular flexibility index (Phi) is 3.54. The van der Waals surface area contributed by atoms with Crippen molar-refractivity contribution in [3.8, 4) is 16.2 Å². The summed E-state index contributed by atoms with van der Waals surface area (Å²) in [5, 5.41) is 9.05. The number of ether oxygens (including phenoxy) is 1. The molecule has 1 N–H and O–H groups in total. The molecule has 0 fully saturated rings. The van der Waals surface area contributed by atoms with Crippen molar-refractivity contribution in [1.82, 2.24) is 0 Å². The molecule has 2 aromatic rings. The number of carboxylic acids is 1. The summed E-state index contributed by atoms with van der Waals surface area (Å²) in [6, 6.07) is 7.08. The van der Waals surface area contributed by atoms with Gasteiger partial charge in [-0.25, -0.2) is 9.64 Å². The lowest BCUT2D eigenvalue weighted by atomic mass is 10.1. The summed E-state index contributed by atoms with van der Waals surface area (Å²) in [5.41, 5.74) is 1.98. The number of methoxy groups -OCH3 is 1. The van der Waals surface area contributed by atoms with E-state index in [-0.39, 0.29) is 0 Å². The molecule has 0 bridgehead atoms. The number of rotatable bonds is 3. The number of nitrogens with zero attached hydrogens (tertiary/aromatic N) is 1. The lowest BCUT2D eigenvalue weighted by Crippen LogP contribution is -1.93. The van der Waals surface area contributed by atoms with Gasteiger partial charge in [0.15, 0.2) is 0 Å². The lowest BCUT2D eigenvalue weighted by molar-refractivity contribution is 0.0701. The van der Waals surface area contributed by atoms with Gasteiger partial charge in [0, 0.05) is 4.88 Å². The van der Waals surface area contributed by atoms with Gasteiger partial charge in [0.25, 0.3) is 0 Å². The van der Waals surface area contributed by atoms with E-state index in [4.69, 9.17) is 16.4 Å². The van der Waals surface area contributed by atoms with Crippen LogP contribution in [0.25, 0.3) is 15.3 Å². The molecule has 0 amide bonds. The van der Waals surface area contributed by atoms with Crippen LogP contribution in [-0.2, 0) is 0 Å². The van der Waals surface area contributed by atoms with Crippen LogP contribution in [-0.4, -0.2) is 18.2 Å². The van der Waals surface area contributed by atoms with Crippen molar-refractivity contribution in [2.45, 2.75) is 6.92 Å². The van der Waals surface area contributed by atoms with Gasteiger partial charge in [-0.05, 0) is 36.2 Å². The van der Waals surface area contributed by atoms with Crippen LogP contribution >= 0.6 is 11.3 Å². The van der Waals surface area contributed by atoms with E-state index in [1.54, 1.807) is 19.1 Å². The standard InChI is InChI=1S/C14H11NO3S/c1-8-6-12(19-13(8)14(16)17)9-4-5-11(18-3)10(7-9)15-2/h4-7H,1,3H3,(H,16,17). The number of aromatic carboxylic acids is 1. The Balaban J connectivity index is 2.51. The van der Waals surface area contributed by atoms with E-state index >= 15 is 0 Å². The van der Waals surface area contributed by atoms with Gasteiger partial charge in [-0.3, -0.25) is 0 Å². The fourth-order valence-corrected chi connectivity index (χ4v) is 2.77. The highest BCUT2D eigenvalue weighted by Gasteiger charge is 2.14. The highest BCUT2D eigenvalue weighted by Crippen LogP contribution is 2.36. The summed E-state index contributed by atoms with van der Waals surface area (Å²) in [6.45, 7) is 8.88. The summed E-state index contributed by atoms with van der Waals surface area (Å²) in [5.74, 6) is -0.404. The lowest BCUT2D eigenvalue weighted by Gasteiger charge is -2.04. The van der Waals surface area contributed by atoms with E-state index in [0.717, 1.165) is 16.0 Å². The third kappa shape index (κ3) is 2.44. The summed E-state index contributed by atoms with van der Waals surface area (Å²) in [4.78, 5) is 15.6. The van der Waals surface area contributed by atoms with Gasteiger partial charge in [0.05, 0.1) is 13.7 Å². The Morgan fingerprint density at radius 2 is 2.16 bits per heavy atom. The van der Waals surface area contributed by atoms with Gasteiger partial charge >= 0.3 is 5.97 Å². The molecule has 0 saturated carbocycles. The smallest absolute Gasteiger partial charge is 0.346 e. The Morgan fingerprint density at radius 3 is 2.68 bits per heavy atom. The average molecular weight is 273 g/mol. The first-order valence-electron chi connectivity index (χ1n) is 5.46. The monoisotopic (exact) mass is 273 g/mol. The van der Waals surface area contributed by atoms with E-state index in [1.165, 1.54) is 18.4 Å². The predicted octanol–water partition coefficient (Wildman–Crippen LogP) is 3.98. The van der Waals surface area contributed by atoms with E-state index in [1.807, 2.05) is 12.1 Å². The van der Waals surface area contributed by atoms with Crippen molar-refractivity contribution in [2.24, 2.45) is 0 Å². The first-order valence-corrected chi connectivity index (χ1v) is 6.28. The molecular formula is C14H11NO3S. The molecule has 0 spiro atoms. The molecule has 0 aliphatic carbocycles. The van der Waals surface area contributed by atoms with E-state index in [9.17, 15) is 4.79 Å². The van der Waals surface area contributed by atoms with Crippen molar-refractivity contribution >= 4 is 23.0 Å². The first kappa shape index (κ1) is 13.1. The van der Waals surface area contributed by atoms with Gasteiger partial charge in [-0.1, -0.05) is 6.07 Å². The number of benzene rings is 1. The second-order valence-electron chi connectivity index (χ2n) is 3.93. The molecule has 1 aromatic heterocycles. The molecule has 0 atom stereocenters. The van der Waals surface area contributed by atoms with Gasteiger partial charge in [0.2, 0.25) is 5.69 Å². The van der Waals surface area contributed by atoms with Crippen LogP contribution in [0.4, 0.5) is 5.69 Å². The number of aryl methyl sites for hydroxylation is 1.